The van der Waals surface area contributed by atoms with Gasteiger partial charge in [0.1, 0.15) is 11.6 Å². The maximum absolute atomic E-state index is 11.7. The maximum atomic E-state index is 11.7. The first-order valence-electron chi connectivity index (χ1n) is 10.7. The summed E-state index contributed by atoms with van der Waals surface area (Å²) in [5.41, 5.74) is 0. The number of carbonyl (C=O) groups excluding carboxylic acids is 4. The zero-order valence-electron chi connectivity index (χ0n) is 18.9. The molecule has 0 radical (unpaired) electrons. The first-order valence-corrected chi connectivity index (χ1v) is 10.7. The summed E-state index contributed by atoms with van der Waals surface area (Å²) >= 11 is 0. The number of ether oxygens (including phenoxy) is 4. The highest BCUT2D eigenvalue weighted by Crippen LogP contribution is 1.95. The zero-order chi connectivity index (χ0) is 23.2. The number of nitrogens with one attached hydrogen (secondary N) is 2. The van der Waals surface area contributed by atoms with E-state index in [9.17, 15) is 19.2 Å². The zero-order valence-corrected chi connectivity index (χ0v) is 18.9. The largest absolute Gasteiger partial charge is 0.379 e. The molecule has 0 saturated heterocycles. The second-order valence-corrected chi connectivity index (χ2v) is 6.91. The van der Waals surface area contributed by atoms with Crippen LogP contribution in [-0.2, 0) is 38.1 Å². The molecule has 0 saturated carbocycles. The van der Waals surface area contributed by atoms with Crippen LogP contribution in [0.4, 0.5) is 0 Å². The Hall–Kier alpha value is -1.88. The second-order valence-electron chi connectivity index (χ2n) is 6.91. The molecular weight excluding hydrogens is 408 g/mol. The van der Waals surface area contributed by atoms with Crippen LogP contribution in [0.5, 0.6) is 0 Å². The highest BCUT2D eigenvalue weighted by Gasteiger charge is 2.05. The molecule has 31 heavy (non-hydrogen) atoms. The molecule has 0 aromatic heterocycles. The number of carbonyl (C=O) groups is 4. The number of rotatable bonds is 22. The molecule has 0 unspecified atom stereocenters. The lowest BCUT2D eigenvalue weighted by Crippen LogP contribution is -2.29. The molecule has 0 aliphatic carbocycles. The molecule has 10 nitrogen and oxygen atoms in total. The van der Waals surface area contributed by atoms with E-state index in [0.717, 1.165) is 0 Å². The molecule has 0 aromatic carbocycles. The van der Waals surface area contributed by atoms with Gasteiger partial charge in [-0.3, -0.25) is 19.2 Å². The first-order chi connectivity index (χ1) is 14.9. The minimum absolute atomic E-state index is 0.0929. The SMILES string of the molecule is CC(=O)CCOCCOCCNC(=O)CCCC(=O)NCCOCCOCCC(C)=O. The van der Waals surface area contributed by atoms with E-state index >= 15 is 0 Å². The van der Waals surface area contributed by atoms with Gasteiger partial charge < -0.3 is 29.6 Å². The predicted octanol–water partition coefficient (Wildman–Crippen LogP) is 0.414. The fourth-order valence-corrected chi connectivity index (χ4v) is 2.19. The Morgan fingerprint density at radius 2 is 0.871 bits per heavy atom. The molecule has 0 bridgehead atoms. The monoisotopic (exact) mass is 446 g/mol. The lowest BCUT2D eigenvalue weighted by molar-refractivity contribution is -0.123. The number of Topliss-reactive ketones (excluding diaryl/α,β-unsaturated/α-hetero) is 2. The molecule has 0 spiro atoms. The molecule has 0 heterocycles. The minimum Gasteiger partial charge on any atom is -0.379 e. The summed E-state index contributed by atoms with van der Waals surface area (Å²) in [7, 11) is 0. The van der Waals surface area contributed by atoms with Crippen molar-refractivity contribution in [1.82, 2.24) is 10.6 Å². The molecule has 10 heteroatoms. The molecule has 0 rings (SSSR count). The third-order valence-electron chi connectivity index (χ3n) is 3.89. The molecule has 2 N–H and O–H groups in total. The smallest absolute Gasteiger partial charge is 0.220 e. The van der Waals surface area contributed by atoms with E-state index in [1.807, 2.05) is 0 Å². The lowest BCUT2D eigenvalue weighted by atomic mass is 10.2. The van der Waals surface area contributed by atoms with Gasteiger partial charge in [-0.05, 0) is 20.3 Å². The van der Waals surface area contributed by atoms with Crippen LogP contribution >= 0.6 is 0 Å². The summed E-state index contributed by atoms with van der Waals surface area (Å²) < 4.78 is 21.1. The summed E-state index contributed by atoms with van der Waals surface area (Å²) in [6.07, 6.45) is 1.82. The van der Waals surface area contributed by atoms with E-state index < -0.39 is 0 Å². The van der Waals surface area contributed by atoms with Crippen LogP contribution in [0.2, 0.25) is 0 Å². The Bertz CT molecular complexity index is 470. The van der Waals surface area contributed by atoms with Crippen molar-refractivity contribution in [2.45, 2.75) is 46.0 Å². The van der Waals surface area contributed by atoms with Gasteiger partial charge in [0, 0.05) is 38.8 Å². The van der Waals surface area contributed by atoms with E-state index in [1.54, 1.807) is 0 Å². The Morgan fingerprint density at radius 1 is 0.516 bits per heavy atom. The number of hydrogen-bond acceptors (Lipinski definition) is 8. The topological polar surface area (TPSA) is 129 Å². The van der Waals surface area contributed by atoms with Gasteiger partial charge in [0.15, 0.2) is 0 Å². The highest BCUT2D eigenvalue weighted by atomic mass is 16.5. The molecule has 0 fully saturated rings. The van der Waals surface area contributed by atoms with Gasteiger partial charge in [-0.15, -0.1) is 0 Å². The summed E-state index contributed by atoms with van der Waals surface area (Å²) in [6, 6.07) is 0. The van der Waals surface area contributed by atoms with Crippen molar-refractivity contribution in [1.29, 1.82) is 0 Å². The van der Waals surface area contributed by atoms with Gasteiger partial charge in [-0.2, -0.15) is 0 Å². The van der Waals surface area contributed by atoms with Gasteiger partial charge in [0.25, 0.3) is 0 Å². The van der Waals surface area contributed by atoms with E-state index in [2.05, 4.69) is 10.6 Å². The van der Waals surface area contributed by atoms with Gasteiger partial charge in [0.2, 0.25) is 11.8 Å². The van der Waals surface area contributed by atoms with Crippen LogP contribution in [0.15, 0.2) is 0 Å². The van der Waals surface area contributed by atoms with Crippen molar-refractivity contribution < 1.29 is 38.1 Å². The van der Waals surface area contributed by atoms with E-state index in [4.69, 9.17) is 18.9 Å². The van der Waals surface area contributed by atoms with Crippen molar-refractivity contribution in [2.75, 3.05) is 65.9 Å². The summed E-state index contributed by atoms with van der Waals surface area (Å²) in [6.45, 7) is 7.02. The lowest BCUT2D eigenvalue weighted by Gasteiger charge is -2.08. The van der Waals surface area contributed by atoms with Gasteiger partial charge >= 0.3 is 0 Å². The fraction of sp³-hybridized carbons (Fsp3) is 0.810. The number of amides is 2. The summed E-state index contributed by atoms with van der Waals surface area (Å²) in [4.78, 5) is 44.9. The van der Waals surface area contributed by atoms with Crippen LogP contribution in [0.3, 0.4) is 0 Å². The highest BCUT2D eigenvalue weighted by molar-refractivity contribution is 5.78. The van der Waals surface area contributed by atoms with Crippen LogP contribution in [0.1, 0.15) is 46.0 Å². The third-order valence-corrected chi connectivity index (χ3v) is 3.89. The first kappa shape index (κ1) is 29.1. The summed E-state index contributed by atoms with van der Waals surface area (Å²) in [5.74, 6) is -0.0601. The molecule has 0 aliphatic heterocycles. The normalized spacial score (nSPS) is 10.6. The van der Waals surface area contributed by atoms with Crippen LogP contribution in [0.25, 0.3) is 0 Å². The van der Waals surface area contributed by atoms with E-state index in [0.29, 0.717) is 85.2 Å². The van der Waals surface area contributed by atoms with Crippen LogP contribution in [-0.4, -0.2) is 89.3 Å². The average Bonchev–Trinajstić information content (AvgIpc) is 2.70. The van der Waals surface area contributed by atoms with Crippen molar-refractivity contribution in [3.05, 3.63) is 0 Å². The Labute approximate surface area is 184 Å². The van der Waals surface area contributed by atoms with Crippen LogP contribution in [0, 0.1) is 0 Å². The second kappa shape index (κ2) is 21.4. The van der Waals surface area contributed by atoms with Gasteiger partial charge in [0.05, 0.1) is 52.9 Å². The van der Waals surface area contributed by atoms with Crippen molar-refractivity contribution >= 4 is 23.4 Å². The van der Waals surface area contributed by atoms with E-state index in [-0.39, 0.29) is 36.2 Å². The minimum atomic E-state index is -0.123. The third kappa shape index (κ3) is 24.3. The summed E-state index contributed by atoms with van der Waals surface area (Å²) in [5, 5.41) is 5.46. The maximum Gasteiger partial charge on any atom is 0.220 e. The predicted molar refractivity (Wildman–Crippen MR) is 114 cm³/mol. The molecule has 0 atom stereocenters. The molecule has 0 aliphatic rings. The number of hydrogen-bond donors (Lipinski definition) is 2. The van der Waals surface area contributed by atoms with Crippen LogP contribution < -0.4 is 10.6 Å². The molecule has 0 aromatic rings. The van der Waals surface area contributed by atoms with Crippen molar-refractivity contribution in [3.8, 4) is 0 Å². The standard InChI is InChI=1S/C21H38N2O8/c1-18(24)6-10-28-14-16-30-12-8-22-20(26)4-3-5-21(27)23-9-13-31-17-15-29-11-7-19(2)25/h3-17H2,1-2H3,(H,22,26)(H,23,27). The average molecular weight is 447 g/mol. The Kier molecular flexibility index (Phi) is 20.1. The number of ketones is 2. The fourth-order valence-electron chi connectivity index (χ4n) is 2.19. The Morgan fingerprint density at radius 3 is 1.23 bits per heavy atom. The Balaban J connectivity index is 3.35. The van der Waals surface area contributed by atoms with Gasteiger partial charge in [-0.25, -0.2) is 0 Å². The molecule has 180 valence electrons. The van der Waals surface area contributed by atoms with Crippen molar-refractivity contribution in [3.63, 3.8) is 0 Å². The van der Waals surface area contributed by atoms with Gasteiger partial charge in [-0.1, -0.05) is 0 Å². The quantitative estimate of drug-likeness (QED) is 0.229. The molecule has 2 amide bonds. The molecular formula is C21H38N2O8. The van der Waals surface area contributed by atoms with E-state index in [1.165, 1.54) is 13.8 Å². The van der Waals surface area contributed by atoms with Crippen molar-refractivity contribution in [2.24, 2.45) is 0 Å².